The Bertz CT molecular complexity index is 540. The fraction of sp³-hybridized carbons (Fsp3) is 0.167. The fourth-order valence-electron chi connectivity index (χ4n) is 1.49. The molecule has 0 saturated heterocycles. The lowest BCUT2D eigenvalue weighted by atomic mass is 10.2. The standard InChI is InChI=1S/C12H12N2O3S/c1-17-11-3-2-8(12(15)16)4-10(11)13-5-9-6-18-7-14-9/h2-4,6-7,13H,5H2,1H3,(H,15,16). The van der Waals surface area contributed by atoms with Crippen molar-refractivity contribution < 1.29 is 14.6 Å². The smallest absolute Gasteiger partial charge is 0.335 e. The number of carboxylic acids is 1. The third-order valence-corrected chi connectivity index (χ3v) is 3.03. The zero-order chi connectivity index (χ0) is 13.0. The summed E-state index contributed by atoms with van der Waals surface area (Å²) in [4.78, 5) is 15.0. The number of aromatic carboxylic acids is 1. The van der Waals surface area contributed by atoms with Crippen molar-refractivity contribution in [3.8, 4) is 5.75 Å². The predicted molar refractivity (Wildman–Crippen MR) is 69.4 cm³/mol. The van der Waals surface area contributed by atoms with Gasteiger partial charge in [0.1, 0.15) is 5.75 Å². The summed E-state index contributed by atoms with van der Waals surface area (Å²) < 4.78 is 5.18. The molecule has 1 aromatic heterocycles. The lowest BCUT2D eigenvalue weighted by Crippen LogP contribution is -2.04. The van der Waals surface area contributed by atoms with E-state index in [4.69, 9.17) is 9.84 Å². The van der Waals surface area contributed by atoms with Gasteiger partial charge in [-0.2, -0.15) is 0 Å². The van der Waals surface area contributed by atoms with Crippen molar-refractivity contribution in [2.24, 2.45) is 0 Å². The molecule has 2 aromatic rings. The van der Waals surface area contributed by atoms with Crippen LogP contribution in [0.5, 0.6) is 5.75 Å². The average Bonchev–Trinajstić information content (AvgIpc) is 2.89. The molecule has 1 aromatic carbocycles. The van der Waals surface area contributed by atoms with Crippen molar-refractivity contribution in [3.05, 3.63) is 40.3 Å². The number of carboxylic acid groups (broad SMARTS) is 1. The Labute approximate surface area is 108 Å². The molecule has 5 nitrogen and oxygen atoms in total. The molecule has 6 heteroatoms. The number of ether oxygens (including phenoxy) is 1. The molecule has 0 aliphatic heterocycles. The number of hydrogen-bond acceptors (Lipinski definition) is 5. The van der Waals surface area contributed by atoms with Crippen molar-refractivity contribution in [2.45, 2.75) is 6.54 Å². The van der Waals surface area contributed by atoms with Gasteiger partial charge in [-0.3, -0.25) is 0 Å². The van der Waals surface area contributed by atoms with E-state index in [0.29, 0.717) is 18.0 Å². The number of aromatic nitrogens is 1. The highest BCUT2D eigenvalue weighted by Crippen LogP contribution is 2.26. The minimum absolute atomic E-state index is 0.219. The van der Waals surface area contributed by atoms with Crippen molar-refractivity contribution in [1.82, 2.24) is 4.98 Å². The number of methoxy groups -OCH3 is 1. The average molecular weight is 264 g/mol. The normalized spacial score (nSPS) is 10.1. The second-order valence-electron chi connectivity index (χ2n) is 3.55. The Morgan fingerprint density at radius 1 is 1.56 bits per heavy atom. The van der Waals surface area contributed by atoms with Gasteiger partial charge >= 0.3 is 5.97 Å². The molecule has 94 valence electrons. The van der Waals surface area contributed by atoms with E-state index in [1.54, 1.807) is 24.8 Å². The van der Waals surface area contributed by atoms with E-state index in [9.17, 15) is 4.79 Å². The Hall–Kier alpha value is -2.08. The molecule has 2 rings (SSSR count). The molecule has 0 spiro atoms. The van der Waals surface area contributed by atoms with E-state index in [-0.39, 0.29) is 5.56 Å². The molecular weight excluding hydrogens is 252 g/mol. The summed E-state index contributed by atoms with van der Waals surface area (Å²) in [7, 11) is 1.55. The van der Waals surface area contributed by atoms with Crippen LogP contribution in [0.4, 0.5) is 5.69 Å². The lowest BCUT2D eigenvalue weighted by molar-refractivity contribution is 0.0697. The van der Waals surface area contributed by atoms with E-state index in [2.05, 4.69) is 10.3 Å². The van der Waals surface area contributed by atoms with Crippen LogP contribution in [-0.4, -0.2) is 23.2 Å². The van der Waals surface area contributed by atoms with Crippen LogP contribution in [0, 0.1) is 0 Å². The molecule has 2 N–H and O–H groups in total. The summed E-state index contributed by atoms with van der Waals surface area (Å²) >= 11 is 1.52. The second-order valence-corrected chi connectivity index (χ2v) is 4.27. The van der Waals surface area contributed by atoms with Gasteiger partial charge < -0.3 is 15.2 Å². The maximum Gasteiger partial charge on any atom is 0.335 e. The first kappa shape index (κ1) is 12.4. The minimum atomic E-state index is -0.964. The van der Waals surface area contributed by atoms with Gasteiger partial charge in [-0.05, 0) is 18.2 Å². The first-order valence-electron chi connectivity index (χ1n) is 5.23. The van der Waals surface area contributed by atoms with Crippen LogP contribution in [-0.2, 0) is 6.54 Å². The molecule has 0 fully saturated rings. The zero-order valence-corrected chi connectivity index (χ0v) is 10.5. The molecule has 1 heterocycles. The summed E-state index contributed by atoms with van der Waals surface area (Å²) in [6.45, 7) is 0.531. The van der Waals surface area contributed by atoms with E-state index >= 15 is 0 Å². The van der Waals surface area contributed by atoms with Gasteiger partial charge in [-0.25, -0.2) is 9.78 Å². The summed E-state index contributed by atoms with van der Waals surface area (Å²) in [6.07, 6.45) is 0. The number of nitrogens with one attached hydrogen (secondary N) is 1. The highest BCUT2D eigenvalue weighted by atomic mass is 32.1. The maximum atomic E-state index is 10.9. The van der Waals surface area contributed by atoms with E-state index < -0.39 is 5.97 Å². The maximum absolute atomic E-state index is 10.9. The van der Waals surface area contributed by atoms with Gasteiger partial charge in [0.25, 0.3) is 0 Å². The van der Waals surface area contributed by atoms with Gasteiger partial charge in [0.15, 0.2) is 0 Å². The zero-order valence-electron chi connectivity index (χ0n) is 9.71. The van der Waals surface area contributed by atoms with Crippen molar-refractivity contribution in [2.75, 3.05) is 12.4 Å². The SMILES string of the molecule is COc1ccc(C(=O)O)cc1NCc1cscn1. The van der Waals surface area contributed by atoms with Crippen molar-refractivity contribution >= 4 is 23.0 Å². The molecule has 0 amide bonds. The molecule has 0 atom stereocenters. The Kier molecular flexibility index (Phi) is 3.78. The predicted octanol–water partition coefficient (Wildman–Crippen LogP) is 2.46. The molecule has 0 saturated carbocycles. The monoisotopic (exact) mass is 264 g/mol. The van der Waals surface area contributed by atoms with Crippen LogP contribution in [0.15, 0.2) is 29.1 Å². The number of nitrogens with zero attached hydrogens (tertiary/aromatic N) is 1. The van der Waals surface area contributed by atoms with Crippen LogP contribution in [0.2, 0.25) is 0 Å². The molecule has 0 aliphatic rings. The first-order chi connectivity index (χ1) is 8.70. The second kappa shape index (κ2) is 5.50. The highest BCUT2D eigenvalue weighted by molar-refractivity contribution is 7.07. The first-order valence-corrected chi connectivity index (χ1v) is 6.17. The van der Waals surface area contributed by atoms with Gasteiger partial charge in [-0.1, -0.05) is 0 Å². The molecule has 0 radical (unpaired) electrons. The Morgan fingerprint density at radius 3 is 3.00 bits per heavy atom. The van der Waals surface area contributed by atoms with Crippen LogP contribution < -0.4 is 10.1 Å². The van der Waals surface area contributed by atoms with E-state index in [0.717, 1.165) is 5.69 Å². The Balaban J connectivity index is 2.18. The van der Waals surface area contributed by atoms with E-state index in [1.165, 1.54) is 17.4 Å². The number of thiazole rings is 1. The molecule has 0 bridgehead atoms. The number of hydrogen-bond donors (Lipinski definition) is 2. The van der Waals surface area contributed by atoms with E-state index in [1.807, 2.05) is 5.38 Å². The largest absolute Gasteiger partial charge is 0.495 e. The third-order valence-electron chi connectivity index (χ3n) is 2.39. The van der Waals surface area contributed by atoms with Crippen LogP contribution in [0.1, 0.15) is 16.1 Å². The summed E-state index contributed by atoms with van der Waals surface area (Å²) in [5, 5.41) is 14.0. The Morgan fingerprint density at radius 2 is 2.39 bits per heavy atom. The van der Waals surface area contributed by atoms with Crippen LogP contribution in [0.3, 0.4) is 0 Å². The summed E-state index contributed by atoms with van der Waals surface area (Å²) in [5.74, 6) is -0.357. The third kappa shape index (κ3) is 2.78. The molecule has 18 heavy (non-hydrogen) atoms. The number of anilines is 1. The van der Waals surface area contributed by atoms with Gasteiger partial charge in [0, 0.05) is 5.38 Å². The minimum Gasteiger partial charge on any atom is -0.495 e. The van der Waals surface area contributed by atoms with Crippen molar-refractivity contribution in [1.29, 1.82) is 0 Å². The molecule has 0 aliphatic carbocycles. The van der Waals surface area contributed by atoms with Crippen LogP contribution >= 0.6 is 11.3 Å². The van der Waals surface area contributed by atoms with Gasteiger partial charge in [0.05, 0.1) is 36.1 Å². The number of carbonyl (C=O) groups is 1. The fourth-order valence-corrected chi connectivity index (χ4v) is 2.05. The lowest BCUT2D eigenvalue weighted by Gasteiger charge is -2.11. The molecular formula is C12H12N2O3S. The van der Waals surface area contributed by atoms with Gasteiger partial charge in [0.2, 0.25) is 0 Å². The topological polar surface area (TPSA) is 71.5 Å². The van der Waals surface area contributed by atoms with Gasteiger partial charge in [-0.15, -0.1) is 11.3 Å². The summed E-state index contributed by atoms with van der Waals surface area (Å²) in [5.41, 5.74) is 3.52. The quantitative estimate of drug-likeness (QED) is 0.868. The van der Waals surface area contributed by atoms with Crippen LogP contribution in [0.25, 0.3) is 0 Å². The number of benzene rings is 1. The van der Waals surface area contributed by atoms with Crippen molar-refractivity contribution in [3.63, 3.8) is 0 Å². The summed E-state index contributed by atoms with van der Waals surface area (Å²) in [6, 6.07) is 4.69. The molecule has 0 unspecified atom stereocenters. The highest BCUT2D eigenvalue weighted by Gasteiger charge is 2.08. The number of rotatable bonds is 5.